The number of nitrogens with two attached hydrogens (primary N) is 1. The third-order valence-corrected chi connectivity index (χ3v) is 2.76. The zero-order chi connectivity index (χ0) is 12.3. The first-order chi connectivity index (χ1) is 7.41. The number of rotatable bonds is 4. The summed E-state index contributed by atoms with van der Waals surface area (Å²) in [5.74, 6) is 0.391. The number of aryl methyl sites for hydroxylation is 1. The van der Waals surface area contributed by atoms with E-state index < -0.39 is 0 Å². The second-order valence-electron chi connectivity index (χ2n) is 4.01. The van der Waals surface area contributed by atoms with Gasteiger partial charge in [-0.1, -0.05) is 0 Å². The number of anilines is 1. The molecular formula is C11H16BrN3O. The van der Waals surface area contributed by atoms with Crippen LogP contribution in [0.5, 0.6) is 0 Å². The van der Waals surface area contributed by atoms with Crippen LogP contribution in [0, 0.1) is 6.92 Å². The highest BCUT2D eigenvalue weighted by Crippen LogP contribution is 2.25. The lowest BCUT2D eigenvalue weighted by atomic mass is 10.2. The van der Waals surface area contributed by atoms with Crippen LogP contribution >= 0.6 is 15.9 Å². The number of hydrogen-bond acceptors (Lipinski definition) is 3. The van der Waals surface area contributed by atoms with Gasteiger partial charge in [-0.2, -0.15) is 0 Å². The van der Waals surface area contributed by atoms with E-state index in [0.717, 1.165) is 15.9 Å². The molecule has 88 valence electrons. The monoisotopic (exact) mass is 285 g/mol. The smallest absolute Gasteiger partial charge is 0.237 e. The summed E-state index contributed by atoms with van der Waals surface area (Å²) in [5, 5.41) is 0. The Morgan fingerprint density at radius 2 is 2.25 bits per heavy atom. The van der Waals surface area contributed by atoms with Crippen LogP contribution in [-0.2, 0) is 4.79 Å². The molecule has 0 radical (unpaired) electrons. The fourth-order valence-electron chi connectivity index (χ4n) is 1.41. The van der Waals surface area contributed by atoms with Gasteiger partial charge in [-0.25, -0.2) is 4.98 Å². The van der Waals surface area contributed by atoms with E-state index >= 15 is 0 Å². The highest BCUT2D eigenvalue weighted by atomic mass is 79.9. The fourth-order valence-corrected chi connectivity index (χ4v) is 2.10. The molecule has 0 bridgehead atoms. The Balaban J connectivity index is 3.05. The van der Waals surface area contributed by atoms with E-state index in [1.54, 1.807) is 6.20 Å². The topological polar surface area (TPSA) is 59.2 Å². The third kappa shape index (κ3) is 3.20. The maximum absolute atomic E-state index is 11.0. The zero-order valence-corrected chi connectivity index (χ0v) is 11.3. The summed E-state index contributed by atoms with van der Waals surface area (Å²) in [6.45, 7) is 6.13. The summed E-state index contributed by atoms with van der Waals surface area (Å²) in [5.41, 5.74) is 6.29. The Hall–Kier alpha value is -1.10. The van der Waals surface area contributed by atoms with Crippen molar-refractivity contribution in [1.82, 2.24) is 4.98 Å². The fraction of sp³-hybridized carbons (Fsp3) is 0.455. The van der Waals surface area contributed by atoms with Crippen LogP contribution in [0.1, 0.15) is 19.4 Å². The number of nitrogens with zero attached hydrogens (tertiary/aromatic N) is 2. The molecule has 0 saturated heterocycles. The van der Waals surface area contributed by atoms with Crippen molar-refractivity contribution in [3.05, 3.63) is 22.3 Å². The second kappa shape index (κ2) is 5.30. The van der Waals surface area contributed by atoms with Gasteiger partial charge in [0, 0.05) is 12.2 Å². The molecule has 0 aliphatic carbocycles. The Bertz CT molecular complexity index is 393. The van der Waals surface area contributed by atoms with Crippen molar-refractivity contribution in [2.24, 2.45) is 5.73 Å². The zero-order valence-electron chi connectivity index (χ0n) is 9.70. The molecule has 1 heterocycles. The van der Waals surface area contributed by atoms with Gasteiger partial charge >= 0.3 is 0 Å². The molecule has 4 nitrogen and oxygen atoms in total. The SMILES string of the molecule is Cc1cnc(N(CC(N)=O)C(C)C)c(Br)c1. The molecule has 0 atom stereocenters. The predicted octanol–water partition coefficient (Wildman–Crippen LogP) is 1.85. The molecule has 0 unspecified atom stereocenters. The largest absolute Gasteiger partial charge is 0.368 e. The van der Waals surface area contributed by atoms with E-state index in [1.807, 2.05) is 31.7 Å². The van der Waals surface area contributed by atoms with Gasteiger partial charge in [0.25, 0.3) is 0 Å². The molecule has 0 aromatic carbocycles. The van der Waals surface area contributed by atoms with Gasteiger partial charge in [0.15, 0.2) is 0 Å². The molecule has 0 aliphatic heterocycles. The van der Waals surface area contributed by atoms with Crippen molar-refractivity contribution < 1.29 is 4.79 Å². The number of carbonyl (C=O) groups is 1. The number of aromatic nitrogens is 1. The van der Waals surface area contributed by atoms with Crippen molar-refractivity contribution in [2.75, 3.05) is 11.4 Å². The summed E-state index contributed by atoms with van der Waals surface area (Å²) in [6, 6.07) is 2.14. The second-order valence-corrected chi connectivity index (χ2v) is 4.86. The number of hydrogen-bond donors (Lipinski definition) is 1. The normalized spacial score (nSPS) is 10.6. The van der Waals surface area contributed by atoms with Gasteiger partial charge in [-0.15, -0.1) is 0 Å². The Labute approximate surface area is 104 Å². The first kappa shape index (κ1) is 13.0. The maximum atomic E-state index is 11.0. The standard InChI is InChI=1S/C11H16BrN3O/c1-7(2)15(6-10(13)16)11-9(12)4-8(3)5-14-11/h4-5,7H,6H2,1-3H3,(H2,13,16). The van der Waals surface area contributed by atoms with Crippen molar-refractivity contribution in [1.29, 1.82) is 0 Å². The highest BCUT2D eigenvalue weighted by molar-refractivity contribution is 9.10. The third-order valence-electron chi connectivity index (χ3n) is 2.18. The average Bonchev–Trinajstić information content (AvgIpc) is 2.14. The minimum Gasteiger partial charge on any atom is -0.368 e. The first-order valence-corrected chi connectivity index (χ1v) is 5.88. The number of carbonyl (C=O) groups excluding carboxylic acids is 1. The minimum absolute atomic E-state index is 0.166. The predicted molar refractivity (Wildman–Crippen MR) is 68.4 cm³/mol. The number of amides is 1. The van der Waals surface area contributed by atoms with Gasteiger partial charge in [0.2, 0.25) is 5.91 Å². The number of pyridine rings is 1. The molecule has 0 saturated carbocycles. The summed E-state index contributed by atoms with van der Waals surface area (Å²) < 4.78 is 0.877. The van der Waals surface area contributed by atoms with E-state index in [1.165, 1.54) is 0 Å². The summed E-state index contributed by atoms with van der Waals surface area (Å²) >= 11 is 3.45. The van der Waals surface area contributed by atoms with Crippen LogP contribution in [0.2, 0.25) is 0 Å². The maximum Gasteiger partial charge on any atom is 0.237 e. The van der Waals surface area contributed by atoms with E-state index in [4.69, 9.17) is 5.73 Å². The lowest BCUT2D eigenvalue weighted by Gasteiger charge is -2.27. The molecule has 1 amide bonds. The minimum atomic E-state index is -0.358. The first-order valence-electron chi connectivity index (χ1n) is 5.09. The van der Waals surface area contributed by atoms with Gasteiger partial charge in [-0.3, -0.25) is 4.79 Å². The lowest BCUT2D eigenvalue weighted by molar-refractivity contribution is -0.116. The lowest BCUT2D eigenvalue weighted by Crippen LogP contribution is -2.39. The van der Waals surface area contributed by atoms with Crippen molar-refractivity contribution in [3.63, 3.8) is 0 Å². The van der Waals surface area contributed by atoms with E-state index in [0.29, 0.717) is 0 Å². The highest BCUT2D eigenvalue weighted by Gasteiger charge is 2.16. The van der Waals surface area contributed by atoms with Gasteiger partial charge in [0.1, 0.15) is 5.82 Å². The van der Waals surface area contributed by atoms with Crippen LogP contribution in [0.25, 0.3) is 0 Å². The Kier molecular flexibility index (Phi) is 4.29. The molecule has 1 aromatic heterocycles. The number of primary amides is 1. The molecule has 0 spiro atoms. The quantitative estimate of drug-likeness (QED) is 0.919. The van der Waals surface area contributed by atoms with Gasteiger partial charge in [0.05, 0.1) is 11.0 Å². The van der Waals surface area contributed by atoms with Gasteiger partial charge < -0.3 is 10.6 Å². The molecule has 1 aromatic rings. The Morgan fingerprint density at radius 3 is 2.69 bits per heavy atom. The molecule has 2 N–H and O–H groups in total. The van der Waals surface area contributed by atoms with Crippen molar-refractivity contribution in [2.45, 2.75) is 26.8 Å². The van der Waals surface area contributed by atoms with E-state index in [-0.39, 0.29) is 18.5 Å². The summed E-state index contributed by atoms with van der Waals surface area (Å²) in [6.07, 6.45) is 1.77. The summed E-state index contributed by atoms with van der Waals surface area (Å²) in [4.78, 5) is 17.2. The Morgan fingerprint density at radius 1 is 1.62 bits per heavy atom. The average molecular weight is 286 g/mol. The van der Waals surface area contributed by atoms with Crippen LogP contribution in [0.4, 0.5) is 5.82 Å². The van der Waals surface area contributed by atoms with Crippen LogP contribution < -0.4 is 10.6 Å². The van der Waals surface area contributed by atoms with E-state index in [9.17, 15) is 4.79 Å². The molecule has 5 heteroatoms. The number of halogens is 1. The van der Waals surface area contributed by atoms with E-state index in [2.05, 4.69) is 20.9 Å². The van der Waals surface area contributed by atoms with Crippen molar-refractivity contribution >= 4 is 27.7 Å². The van der Waals surface area contributed by atoms with Crippen LogP contribution in [0.15, 0.2) is 16.7 Å². The van der Waals surface area contributed by atoms with Gasteiger partial charge in [-0.05, 0) is 48.3 Å². The van der Waals surface area contributed by atoms with Crippen molar-refractivity contribution in [3.8, 4) is 0 Å². The molecule has 0 fully saturated rings. The molecule has 16 heavy (non-hydrogen) atoms. The molecular weight excluding hydrogens is 270 g/mol. The summed E-state index contributed by atoms with van der Waals surface area (Å²) in [7, 11) is 0. The van der Waals surface area contributed by atoms with Crippen LogP contribution in [0.3, 0.4) is 0 Å². The molecule has 1 rings (SSSR count). The molecule has 0 aliphatic rings. The van der Waals surface area contributed by atoms with Crippen LogP contribution in [-0.4, -0.2) is 23.5 Å².